The standard InChI is InChI=1S/C9H6F6O2S/c1-18(16,17)7-4-5(8(10,11)12)2-3-6(7)9(13,14)15/h2-4H,1H3. The summed E-state index contributed by atoms with van der Waals surface area (Å²) < 4.78 is 96.5. The summed E-state index contributed by atoms with van der Waals surface area (Å²) in [7, 11) is -4.42. The van der Waals surface area contributed by atoms with Gasteiger partial charge in [-0.2, -0.15) is 26.3 Å². The van der Waals surface area contributed by atoms with Crippen LogP contribution in [0.4, 0.5) is 26.3 Å². The van der Waals surface area contributed by atoms with Crippen molar-refractivity contribution in [1.82, 2.24) is 0 Å². The van der Waals surface area contributed by atoms with E-state index in [2.05, 4.69) is 0 Å². The fourth-order valence-electron chi connectivity index (χ4n) is 1.24. The lowest BCUT2D eigenvalue weighted by molar-refractivity contribution is -0.143. The predicted molar refractivity (Wildman–Crippen MR) is 49.6 cm³/mol. The Labute approximate surface area is 98.1 Å². The number of hydrogen-bond donors (Lipinski definition) is 0. The van der Waals surface area contributed by atoms with Crippen molar-refractivity contribution in [3.8, 4) is 0 Å². The lowest BCUT2D eigenvalue weighted by Gasteiger charge is -2.14. The van der Waals surface area contributed by atoms with Crippen molar-refractivity contribution >= 4 is 9.84 Å². The average molecular weight is 292 g/mol. The van der Waals surface area contributed by atoms with Crippen LogP contribution >= 0.6 is 0 Å². The molecule has 0 bridgehead atoms. The monoisotopic (exact) mass is 292 g/mol. The van der Waals surface area contributed by atoms with Crippen LogP contribution in [0, 0.1) is 0 Å². The molecule has 0 saturated heterocycles. The van der Waals surface area contributed by atoms with Crippen molar-refractivity contribution in [1.29, 1.82) is 0 Å². The molecule has 0 radical (unpaired) electrons. The van der Waals surface area contributed by atoms with E-state index < -0.39 is 38.2 Å². The summed E-state index contributed by atoms with van der Waals surface area (Å²) in [5.74, 6) is 0. The zero-order valence-electron chi connectivity index (χ0n) is 8.72. The normalized spacial score (nSPS) is 13.7. The first-order valence-corrected chi connectivity index (χ1v) is 6.21. The van der Waals surface area contributed by atoms with E-state index in [4.69, 9.17) is 0 Å². The molecule has 102 valence electrons. The molecule has 0 spiro atoms. The van der Waals surface area contributed by atoms with Crippen molar-refractivity contribution in [3.05, 3.63) is 29.3 Å². The molecule has 0 heterocycles. The van der Waals surface area contributed by atoms with Gasteiger partial charge in [-0.05, 0) is 18.2 Å². The second kappa shape index (κ2) is 4.15. The van der Waals surface area contributed by atoms with Crippen LogP contribution in [0.25, 0.3) is 0 Å². The molecule has 0 amide bonds. The minimum Gasteiger partial charge on any atom is -0.224 e. The second-order valence-corrected chi connectivity index (χ2v) is 5.46. The highest BCUT2D eigenvalue weighted by molar-refractivity contribution is 7.90. The minimum atomic E-state index is -5.04. The third-order valence-electron chi connectivity index (χ3n) is 2.01. The summed E-state index contributed by atoms with van der Waals surface area (Å²) >= 11 is 0. The molecule has 0 aromatic heterocycles. The summed E-state index contributed by atoms with van der Waals surface area (Å²) in [6.45, 7) is 0. The van der Waals surface area contributed by atoms with E-state index in [0.717, 1.165) is 0 Å². The van der Waals surface area contributed by atoms with Gasteiger partial charge in [0.2, 0.25) is 0 Å². The summed E-state index contributed by atoms with van der Waals surface area (Å²) in [6.07, 6.45) is -9.54. The van der Waals surface area contributed by atoms with E-state index in [1.807, 2.05) is 0 Å². The van der Waals surface area contributed by atoms with E-state index in [0.29, 0.717) is 6.26 Å². The van der Waals surface area contributed by atoms with Crippen LogP contribution in [-0.2, 0) is 22.2 Å². The SMILES string of the molecule is CS(=O)(=O)c1cc(C(F)(F)F)ccc1C(F)(F)F. The largest absolute Gasteiger partial charge is 0.417 e. The molecule has 1 aromatic rings. The predicted octanol–water partition coefficient (Wildman–Crippen LogP) is 3.13. The van der Waals surface area contributed by atoms with E-state index in [9.17, 15) is 34.8 Å². The van der Waals surface area contributed by atoms with Gasteiger partial charge in [0.15, 0.2) is 9.84 Å². The molecule has 0 unspecified atom stereocenters. The fraction of sp³-hybridized carbons (Fsp3) is 0.333. The van der Waals surface area contributed by atoms with Crippen LogP contribution in [0.15, 0.2) is 23.1 Å². The first kappa shape index (κ1) is 14.8. The van der Waals surface area contributed by atoms with Crippen LogP contribution in [0.5, 0.6) is 0 Å². The van der Waals surface area contributed by atoms with Crippen molar-refractivity contribution in [2.75, 3.05) is 6.26 Å². The maximum Gasteiger partial charge on any atom is 0.417 e. The molecule has 1 rings (SSSR count). The Morgan fingerprint density at radius 2 is 1.44 bits per heavy atom. The van der Waals surface area contributed by atoms with Crippen LogP contribution < -0.4 is 0 Å². The van der Waals surface area contributed by atoms with Crippen LogP contribution in [0.2, 0.25) is 0 Å². The van der Waals surface area contributed by atoms with E-state index in [1.165, 1.54) is 0 Å². The summed E-state index contributed by atoms with van der Waals surface area (Å²) in [4.78, 5) is -1.38. The van der Waals surface area contributed by atoms with Gasteiger partial charge >= 0.3 is 12.4 Å². The van der Waals surface area contributed by atoms with Crippen molar-refractivity contribution in [2.45, 2.75) is 17.2 Å². The molecule has 9 heteroatoms. The molecule has 0 saturated carbocycles. The van der Waals surface area contributed by atoms with Gasteiger partial charge in [0.1, 0.15) is 0 Å². The fourth-order valence-corrected chi connectivity index (χ4v) is 2.16. The molecule has 0 aliphatic rings. The number of halogens is 6. The molecule has 0 N–H and O–H groups in total. The summed E-state index contributed by atoms with van der Waals surface area (Å²) in [5.41, 5.74) is -3.06. The number of sulfone groups is 1. The van der Waals surface area contributed by atoms with Crippen LogP contribution in [0.1, 0.15) is 11.1 Å². The Bertz CT molecular complexity index is 555. The van der Waals surface area contributed by atoms with E-state index in [1.54, 1.807) is 0 Å². The van der Waals surface area contributed by atoms with Crippen LogP contribution in [0.3, 0.4) is 0 Å². The highest BCUT2D eigenvalue weighted by Crippen LogP contribution is 2.38. The second-order valence-electron chi connectivity index (χ2n) is 3.48. The van der Waals surface area contributed by atoms with Gasteiger partial charge in [0.25, 0.3) is 0 Å². The molecular weight excluding hydrogens is 286 g/mol. The van der Waals surface area contributed by atoms with Crippen LogP contribution in [-0.4, -0.2) is 14.7 Å². The van der Waals surface area contributed by atoms with Crippen molar-refractivity contribution < 1.29 is 34.8 Å². The molecule has 2 nitrogen and oxygen atoms in total. The molecule has 0 fully saturated rings. The topological polar surface area (TPSA) is 34.1 Å². The van der Waals surface area contributed by atoms with Gasteiger partial charge in [-0.15, -0.1) is 0 Å². The van der Waals surface area contributed by atoms with Crippen molar-refractivity contribution in [3.63, 3.8) is 0 Å². The van der Waals surface area contributed by atoms with Gasteiger partial charge in [-0.3, -0.25) is 0 Å². The third kappa shape index (κ3) is 3.15. The van der Waals surface area contributed by atoms with Gasteiger partial charge < -0.3 is 0 Å². The quantitative estimate of drug-likeness (QED) is 0.745. The lowest BCUT2D eigenvalue weighted by atomic mass is 10.1. The summed E-state index contributed by atoms with van der Waals surface area (Å²) in [5, 5.41) is 0. The third-order valence-corrected chi connectivity index (χ3v) is 3.15. The maximum absolute atomic E-state index is 12.5. The minimum absolute atomic E-state index is 0.0157. The zero-order valence-corrected chi connectivity index (χ0v) is 9.54. The number of rotatable bonds is 1. The number of hydrogen-bond acceptors (Lipinski definition) is 2. The Hall–Kier alpha value is -1.25. The molecule has 1 aromatic carbocycles. The first-order valence-electron chi connectivity index (χ1n) is 4.32. The van der Waals surface area contributed by atoms with E-state index >= 15 is 0 Å². The van der Waals surface area contributed by atoms with Gasteiger partial charge in [-0.1, -0.05) is 0 Å². The first-order chi connectivity index (χ1) is 7.83. The Morgan fingerprint density at radius 1 is 0.944 bits per heavy atom. The van der Waals surface area contributed by atoms with Gasteiger partial charge in [0, 0.05) is 6.26 Å². The Kier molecular flexibility index (Phi) is 3.41. The molecular formula is C9H6F6O2S. The number of benzene rings is 1. The molecule has 0 atom stereocenters. The Morgan fingerprint density at radius 3 is 1.78 bits per heavy atom. The highest BCUT2D eigenvalue weighted by atomic mass is 32.2. The van der Waals surface area contributed by atoms with Crippen molar-refractivity contribution in [2.24, 2.45) is 0 Å². The molecule has 0 aliphatic heterocycles. The lowest BCUT2D eigenvalue weighted by Crippen LogP contribution is -2.15. The average Bonchev–Trinajstić information content (AvgIpc) is 2.12. The number of alkyl halides is 6. The molecule has 0 aliphatic carbocycles. The summed E-state index contributed by atoms with van der Waals surface area (Å²) in [6, 6.07) is 0.287. The smallest absolute Gasteiger partial charge is 0.224 e. The Balaban J connectivity index is 3.61. The highest BCUT2D eigenvalue weighted by Gasteiger charge is 2.39. The maximum atomic E-state index is 12.5. The molecule has 18 heavy (non-hydrogen) atoms. The van der Waals surface area contributed by atoms with Gasteiger partial charge in [-0.25, -0.2) is 8.42 Å². The van der Waals surface area contributed by atoms with E-state index in [-0.39, 0.29) is 18.2 Å². The zero-order chi connectivity index (χ0) is 14.4. The van der Waals surface area contributed by atoms with Gasteiger partial charge in [0.05, 0.1) is 16.0 Å².